The summed E-state index contributed by atoms with van der Waals surface area (Å²) in [6, 6.07) is 5.33. The number of nitrogens with zero attached hydrogens (tertiary/aromatic N) is 4. The van der Waals surface area contributed by atoms with E-state index >= 15 is 0 Å². The number of benzene rings is 1. The fourth-order valence-corrected chi connectivity index (χ4v) is 4.03. The molecule has 0 saturated carbocycles. The van der Waals surface area contributed by atoms with Crippen LogP contribution in [0.3, 0.4) is 0 Å². The van der Waals surface area contributed by atoms with Gasteiger partial charge in [0.25, 0.3) is 0 Å². The maximum Gasteiger partial charge on any atom is 0.329 e. The van der Waals surface area contributed by atoms with Gasteiger partial charge in [0.2, 0.25) is 5.91 Å². The van der Waals surface area contributed by atoms with Crippen LogP contribution in [0.4, 0.5) is 16.3 Å². The van der Waals surface area contributed by atoms with Gasteiger partial charge in [-0.15, -0.1) is 12.4 Å². The number of halogens is 1. The Balaban J connectivity index is 0.00000256. The van der Waals surface area contributed by atoms with Gasteiger partial charge in [-0.05, 0) is 31.0 Å². The van der Waals surface area contributed by atoms with E-state index in [-0.39, 0.29) is 37.7 Å². The highest BCUT2D eigenvalue weighted by molar-refractivity contribution is 6.09. The molecular weight excluding hydrogens is 414 g/mol. The lowest BCUT2D eigenvalue weighted by Crippen LogP contribution is -2.49. The Bertz CT molecular complexity index is 999. The molecule has 0 aliphatic carbocycles. The summed E-state index contributed by atoms with van der Waals surface area (Å²) in [5.41, 5.74) is 0.627. The topological polar surface area (TPSA) is 128 Å². The van der Waals surface area contributed by atoms with Crippen LogP contribution in [-0.2, 0) is 16.6 Å². The molecule has 3 N–H and O–H groups in total. The molecule has 0 bridgehead atoms. The third-order valence-electron chi connectivity index (χ3n) is 5.66. The van der Waals surface area contributed by atoms with E-state index in [2.05, 4.69) is 15.3 Å². The molecule has 2 aliphatic heterocycles. The summed E-state index contributed by atoms with van der Waals surface area (Å²) in [7, 11) is 1.80. The van der Waals surface area contributed by atoms with Crippen molar-refractivity contribution < 1.29 is 24.6 Å². The van der Waals surface area contributed by atoms with Crippen molar-refractivity contribution in [2.45, 2.75) is 31.3 Å². The number of piperidine rings is 1. The van der Waals surface area contributed by atoms with Crippen LogP contribution in [0.25, 0.3) is 10.9 Å². The Labute approximate surface area is 178 Å². The van der Waals surface area contributed by atoms with E-state index in [9.17, 15) is 19.5 Å². The van der Waals surface area contributed by atoms with Gasteiger partial charge < -0.3 is 15.1 Å². The molecule has 0 spiro atoms. The number of fused-ring (bicyclic) bond motifs is 1. The number of imide groups is 1. The average Bonchev–Trinajstić information content (AvgIpc) is 2.97. The van der Waals surface area contributed by atoms with Crippen molar-refractivity contribution in [3.05, 3.63) is 18.2 Å². The monoisotopic (exact) mass is 437 g/mol. The second-order valence-corrected chi connectivity index (χ2v) is 7.69. The largest absolute Gasteiger partial charge is 0.481 e. The Morgan fingerprint density at radius 3 is 2.57 bits per heavy atom. The van der Waals surface area contributed by atoms with E-state index in [1.165, 1.54) is 4.90 Å². The fourth-order valence-electron chi connectivity index (χ4n) is 4.03. The van der Waals surface area contributed by atoms with E-state index in [0.29, 0.717) is 31.7 Å². The average molecular weight is 438 g/mol. The molecule has 3 heterocycles. The minimum atomic E-state index is -1.16. The van der Waals surface area contributed by atoms with E-state index in [1.807, 2.05) is 18.2 Å². The molecule has 3 amide bonds. The fraction of sp³-hybridized carbons (Fsp3) is 0.474. The standard InChI is InChI=1S/C19H23N5O5.ClH/c1-22-14-10-12(23-8-5-19(29,6-9-23)11-16(26)27)2-3-13(14)17(21-22)24-7-4-15(25)20-18(24)28;/h2-3,10,29H,4-9,11H2,1H3,(H,26,27)(H,20,25,28);1H. The van der Waals surface area contributed by atoms with Crippen LogP contribution in [0.15, 0.2) is 18.2 Å². The molecule has 2 fully saturated rings. The van der Waals surface area contributed by atoms with Crippen molar-refractivity contribution in [2.24, 2.45) is 7.05 Å². The van der Waals surface area contributed by atoms with Crippen molar-refractivity contribution in [2.75, 3.05) is 29.4 Å². The van der Waals surface area contributed by atoms with Gasteiger partial charge in [-0.3, -0.25) is 24.5 Å². The second kappa shape index (κ2) is 8.11. The van der Waals surface area contributed by atoms with Gasteiger partial charge in [0.05, 0.1) is 17.5 Å². The maximum atomic E-state index is 12.2. The third-order valence-corrected chi connectivity index (χ3v) is 5.66. The van der Waals surface area contributed by atoms with Crippen LogP contribution in [0, 0.1) is 0 Å². The van der Waals surface area contributed by atoms with Crippen molar-refractivity contribution in [3.8, 4) is 0 Å². The lowest BCUT2D eigenvalue weighted by Gasteiger charge is -2.38. The molecule has 0 atom stereocenters. The SMILES string of the molecule is Cl.Cn1nc(N2CCC(=O)NC2=O)c2ccc(N3CCC(O)(CC(=O)O)CC3)cc21. The zero-order valence-electron chi connectivity index (χ0n) is 16.5. The Hall–Kier alpha value is -2.85. The summed E-state index contributed by atoms with van der Waals surface area (Å²) in [6.07, 6.45) is 0.756. The number of aromatic nitrogens is 2. The number of amides is 3. The minimum Gasteiger partial charge on any atom is -0.481 e. The number of aliphatic carboxylic acids is 1. The Kier molecular flexibility index (Phi) is 5.91. The zero-order valence-corrected chi connectivity index (χ0v) is 17.3. The first-order valence-corrected chi connectivity index (χ1v) is 9.53. The van der Waals surface area contributed by atoms with Gasteiger partial charge in [0, 0.05) is 44.2 Å². The lowest BCUT2D eigenvalue weighted by molar-refractivity contribution is -0.143. The van der Waals surface area contributed by atoms with Crippen LogP contribution < -0.4 is 15.1 Å². The first-order chi connectivity index (χ1) is 13.8. The summed E-state index contributed by atoms with van der Waals surface area (Å²) in [5, 5.41) is 27.0. The van der Waals surface area contributed by atoms with Crippen LogP contribution in [-0.4, -0.2) is 63.1 Å². The highest BCUT2D eigenvalue weighted by Crippen LogP contribution is 2.33. The molecule has 1 aromatic heterocycles. The summed E-state index contributed by atoms with van der Waals surface area (Å²) in [6.45, 7) is 1.39. The number of urea groups is 1. The lowest BCUT2D eigenvalue weighted by atomic mass is 9.88. The molecule has 2 aromatic rings. The molecule has 10 nitrogen and oxygen atoms in total. The van der Waals surface area contributed by atoms with Gasteiger partial charge in [-0.1, -0.05) is 0 Å². The van der Waals surface area contributed by atoms with E-state index in [4.69, 9.17) is 5.11 Å². The smallest absolute Gasteiger partial charge is 0.329 e. The van der Waals surface area contributed by atoms with E-state index in [1.54, 1.807) is 11.7 Å². The summed E-state index contributed by atoms with van der Waals surface area (Å²) < 4.78 is 1.70. The number of hydrogen-bond donors (Lipinski definition) is 3. The number of hydrogen-bond acceptors (Lipinski definition) is 6. The van der Waals surface area contributed by atoms with Gasteiger partial charge >= 0.3 is 12.0 Å². The van der Waals surface area contributed by atoms with Gasteiger partial charge in [0.1, 0.15) is 0 Å². The van der Waals surface area contributed by atoms with Crippen LogP contribution >= 0.6 is 12.4 Å². The predicted molar refractivity (Wildman–Crippen MR) is 112 cm³/mol. The number of carbonyl (C=O) groups excluding carboxylic acids is 2. The number of carboxylic acids is 1. The summed E-state index contributed by atoms with van der Waals surface area (Å²) in [5.74, 6) is -0.775. The van der Waals surface area contributed by atoms with E-state index < -0.39 is 17.6 Å². The van der Waals surface area contributed by atoms with Crippen LogP contribution in [0.2, 0.25) is 0 Å². The molecule has 4 rings (SSSR count). The number of rotatable bonds is 4. The number of aliphatic hydroxyl groups is 1. The normalized spacial score (nSPS) is 18.9. The molecule has 0 radical (unpaired) electrons. The number of carbonyl (C=O) groups is 3. The molecule has 2 saturated heterocycles. The molecular formula is C19H24ClN5O5. The zero-order chi connectivity index (χ0) is 20.8. The van der Waals surface area contributed by atoms with Crippen molar-refractivity contribution >= 4 is 52.7 Å². The number of carboxylic acid groups (broad SMARTS) is 1. The van der Waals surface area contributed by atoms with Gasteiger partial charge in [-0.2, -0.15) is 5.10 Å². The van der Waals surface area contributed by atoms with Gasteiger partial charge in [0.15, 0.2) is 5.82 Å². The Morgan fingerprint density at radius 2 is 1.93 bits per heavy atom. The molecule has 1 aromatic carbocycles. The van der Waals surface area contributed by atoms with Crippen molar-refractivity contribution in [3.63, 3.8) is 0 Å². The number of aryl methyl sites for hydroxylation is 1. The minimum absolute atomic E-state index is 0. The first kappa shape index (κ1) is 21.8. The number of anilines is 2. The molecule has 2 aliphatic rings. The number of nitrogens with one attached hydrogen (secondary N) is 1. The molecule has 162 valence electrons. The molecule has 11 heteroatoms. The highest BCUT2D eigenvalue weighted by atomic mass is 35.5. The maximum absolute atomic E-state index is 12.2. The molecule has 0 unspecified atom stereocenters. The molecule has 30 heavy (non-hydrogen) atoms. The van der Waals surface area contributed by atoms with Crippen LogP contribution in [0.1, 0.15) is 25.7 Å². The van der Waals surface area contributed by atoms with Gasteiger partial charge in [-0.25, -0.2) is 4.79 Å². The highest BCUT2D eigenvalue weighted by Gasteiger charge is 2.35. The third kappa shape index (κ3) is 4.05. The summed E-state index contributed by atoms with van der Waals surface area (Å²) in [4.78, 5) is 38.1. The van der Waals surface area contributed by atoms with Crippen molar-refractivity contribution in [1.82, 2.24) is 15.1 Å². The first-order valence-electron chi connectivity index (χ1n) is 9.53. The second-order valence-electron chi connectivity index (χ2n) is 7.69. The Morgan fingerprint density at radius 1 is 1.23 bits per heavy atom. The van der Waals surface area contributed by atoms with Crippen molar-refractivity contribution in [1.29, 1.82) is 0 Å². The van der Waals surface area contributed by atoms with E-state index in [0.717, 1.165) is 16.6 Å². The summed E-state index contributed by atoms with van der Waals surface area (Å²) >= 11 is 0. The van der Waals surface area contributed by atoms with Crippen LogP contribution in [0.5, 0.6) is 0 Å². The quantitative estimate of drug-likeness (QED) is 0.656. The predicted octanol–water partition coefficient (Wildman–Crippen LogP) is 1.25.